The van der Waals surface area contributed by atoms with Crippen LogP contribution < -0.4 is 9.47 Å². The van der Waals surface area contributed by atoms with Crippen LogP contribution in [-0.2, 0) is 4.74 Å². The summed E-state index contributed by atoms with van der Waals surface area (Å²) in [5, 5.41) is 0. The summed E-state index contributed by atoms with van der Waals surface area (Å²) in [6.07, 6.45) is 5.26. The number of methoxy groups -OCH3 is 1. The van der Waals surface area contributed by atoms with Crippen LogP contribution in [0.25, 0.3) is 0 Å². The quantitative estimate of drug-likeness (QED) is 0.766. The van der Waals surface area contributed by atoms with Gasteiger partial charge < -0.3 is 24.0 Å². The lowest BCUT2D eigenvalue weighted by atomic mass is 10.1. The SMILES string of the molecule is C#CCOc1cc(C(=O)N2C[C@H]3COC[C@@H]2CN(C)C3)ccc1OC. The second-order valence-corrected chi connectivity index (χ2v) is 6.59. The first kappa shape index (κ1) is 17.6. The molecule has 2 fully saturated rings. The Bertz CT molecular complexity index is 670. The van der Waals surface area contributed by atoms with Crippen LogP contribution in [0.15, 0.2) is 18.2 Å². The molecule has 0 aromatic heterocycles. The number of ether oxygens (including phenoxy) is 3. The third-order valence-electron chi connectivity index (χ3n) is 4.63. The number of rotatable bonds is 4. The van der Waals surface area contributed by atoms with Crippen LogP contribution in [0.4, 0.5) is 0 Å². The standard InChI is InChI=1S/C19H24N2O4/c1-4-7-25-18-8-15(5-6-17(18)23-3)19(22)21-10-14-9-20(2)11-16(21)13-24-12-14/h1,5-6,8,14,16H,7,9-13H2,2-3H3/t14-,16-/m0/s1. The molecule has 0 radical (unpaired) electrons. The van der Waals surface area contributed by atoms with Crippen molar-refractivity contribution in [2.45, 2.75) is 6.04 Å². The van der Waals surface area contributed by atoms with E-state index in [0.29, 0.717) is 42.7 Å². The highest BCUT2D eigenvalue weighted by Crippen LogP contribution is 2.29. The summed E-state index contributed by atoms with van der Waals surface area (Å²) in [5.74, 6) is 3.79. The zero-order valence-corrected chi connectivity index (χ0v) is 14.7. The second-order valence-electron chi connectivity index (χ2n) is 6.59. The molecule has 0 spiro atoms. The van der Waals surface area contributed by atoms with E-state index in [0.717, 1.165) is 13.1 Å². The van der Waals surface area contributed by atoms with Crippen LogP contribution in [0.2, 0.25) is 0 Å². The molecule has 134 valence electrons. The fourth-order valence-electron chi connectivity index (χ4n) is 3.53. The van der Waals surface area contributed by atoms with E-state index < -0.39 is 0 Å². The van der Waals surface area contributed by atoms with Crippen LogP contribution in [0.5, 0.6) is 11.5 Å². The van der Waals surface area contributed by atoms with Gasteiger partial charge in [0.1, 0.15) is 6.61 Å². The number of terminal acetylenes is 1. The molecule has 0 aliphatic carbocycles. The Kier molecular flexibility index (Phi) is 5.47. The lowest BCUT2D eigenvalue weighted by molar-refractivity contribution is 0.0483. The third-order valence-corrected chi connectivity index (χ3v) is 4.63. The highest BCUT2D eigenvalue weighted by atomic mass is 16.5. The van der Waals surface area contributed by atoms with Gasteiger partial charge in [-0.15, -0.1) is 6.42 Å². The van der Waals surface area contributed by atoms with E-state index in [1.807, 2.05) is 4.90 Å². The zero-order valence-electron chi connectivity index (χ0n) is 14.7. The average Bonchev–Trinajstić information content (AvgIpc) is 2.89. The van der Waals surface area contributed by atoms with Gasteiger partial charge in [0.15, 0.2) is 11.5 Å². The van der Waals surface area contributed by atoms with Gasteiger partial charge in [0.2, 0.25) is 0 Å². The summed E-state index contributed by atoms with van der Waals surface area (Å²) in [5.41, 5.74) is 0.572. The van der Waals surface area contributed by atoms with E-state index in [1.54, 1.807) is 25.3 Å². The molecule has 25 heavy (non-hydrogen) atoms. The summed E-state index contributed by atoms with van der Waals surface area (Å²) >= 11 is 0. The van der Waals surface area contributed by atoms with Crippen LogP contribution in [0, 0.1) is 18.3 Å². The third kappa shape index (κ3) is 3.89. The van der Waals surface area contributed by atoms with E-state index >= 15 is 0 Å². The van der Waals surface area contributed by atoms with Crippen LogP contribution in [0.1, 0.15) is 10.4 Å². The van der Waals surface area contributed by atoms with Crippen molar-refractivity contribution in [3.05, 3.63) is 23.8 Å². The number of benzene rings is 1. The van der Waals surface area contributed by atoms with Crippen molar-refractivity contribution in [1.82, 2.24) is 9.80 Å². The van der Waals surface area contributed by atoms with Crippen molar-refractivity contribution in [1.29, 1.82) is 0 Å². The van der Waals surface area contributed by atoms with Gasteiger partial charge in [0.05, 0.1) is 26.4 Å². The zero-order chi connectivity index (χ0) is 17.8. The van der Waals surface area contributed by atoms with Crippen molar-refractivity contribution in [3.8, 4) is 23.8 Å². The normalized spacial score (nSPS) is 23.5. The van der Waals surface area contributed by atoms with Crippen molar-refractivity contribution < 1.29 is 19.0 Å². The highest BCUT2D eigenvalue weighted by molar-refractivity contribution is 5.95. The highest BCUT2D eigenvalue weighted by Gasteiger charge is 2.35. The molecule has 3 rings (SSSR count). The summed E-state index contributed by atoms with van der Waals surface area (Å²) < 4.78 is 16.6. The van der Waals surface area contributed by atoms with Crippen molar-refractivity contribution in [3.63, 3.8) is 0 Å². The Hall–Kier alpha value is -2.23. The summed E-state index contributed by atoms with van der Waals surface area (Å²) in [4.78, 5) is 17.4. The van der Waals surface area contributed by atoms with E-state index in [-0.39, 0.29) is 18.6 Å². The van der Waals surface area contributed by atoms with Gasteiger partial charge >= 0.3 is 0 Å². The van der Waals surface area contributed by atoms with Crippen molar-refractivity contribution >= 4 is 5.91 Å². The molecule has 1 amide bonds. The number of carbonyl (C=O) groups is 1. The topological polar surface area (TPSA) is 51.2 Å². The molecule has 6 heteroatoms. The van der Waals surface area contributed by atoms with E-state index in [1.165, 1.54) is 0 Å². The van der Waals surface area contributed by atoms with Crippen molar-refractivity contribution in [2.24, 2.45) is 5.92 Å². The fraction of sp³-hybridized carbons (Fsp3) is 0.526. The van der Waals surface area contributed by atoms with Crippen LogP contribution >= 0.6 is 0 Å². The molecule has 0 N–H and O–H groups in total. The first-order valence-electron chi connectivity index (χ1n) is 8.44. The van der Waals surface area contributed by atoms with Gasteiger partial charge in [-0.25, -0.2) is 0 Å². The molecule has 2 bridgehead atoms. The molecule has 2 aliphatic heterocycles. The number of carbonyl (C=O) groups excluding carboxylic acids is 1. The lowest BCUT2D eigenvalue weighted by Crippen LogP contribution is -2.45. The minimum Gasteiger partial charge on any atom is -0.493 e. The Morgan fingerprint density at radius 2 is 2.16 bits per heavy atom. The molecular weight excluding hydrogens is 320 g/mol. The van der Waals surface area contributed by atoms with E-state index in [2.05, 4.69) is 17.9 Å². The van der Waals surface area contributed by atoms with Gasteiger partial charge in [-0.1, -0.05) is 5.92 Å². The molecule has 0 saturated carbocycles. The average molecular weight is 344 g/mol. The predicted octanol–water partition coefficient (Wildman–Crippen LogP) is 1.11. The molecule has 2 aliphatic rings. The molecule has 1 aromatic carbocycles. The number of hydrogen-bond acceptors (Lipinski definition) is 5. The summed E-state index contributed by atoms with van der Waals surface area (Å²) in [7, 11) is 3.66. The largest absolute Gasteiger partial charge is 0.493 e. The Balaban J connectivity index is 1.85. The van der Waals surface area contributed by atoms with Gasteiger partial charge in [0, 0.05) is 31.1 Å². The molecule has 2 atom stereocenters. The molecule has 1 aromatic rings. The second kappa shape index (κ2) is 7.77. The molecule has 2 saturated heterocycles. The number of amides is 1. The summed E-state index contributed by atoms with van der Waals surface area (Å²) in [6, 6.07) is 5.27. The van der Waals surface area contributed by atoms with Gasteiger partial charge in [0.25, 0.3) is 5.91 Å². The molecule has 2 heterocycles. The van der Waals surface area contributed by atoms with Gasteiger partial charge in [-0.3, -0.25) is 4.79 Å². The smallest absolute Gasteiger partial charge is 0.254 e. The maximum atomic E-state index is 13.1. The minimum atomic E-state index is -0.0102. The Morgan fingerprint density at radius 3 is 2.92 bits per heavy atom. The van der Waals surface area contributed by atoms with Crippen molar-refractivity contribution in [2.75, 3.05) is 53.6 Å². The number of nitrogens with zero attached hydrogens (tertiary/aromatic N) is 2. The molecular formula is C19H24N2O4. The van der Waals surface area contributed by atoms with E-state index in [9.17, 15) is 4.79 Å². The fourth-order valence-corrected chi connectivity index (χ4v) is 3.53. The molecule has 6 nitrogen and oxygen atoms in total. The first-order valence-corrected chi connectivity index (χ1v) is 8.44. The lowest BCUT2D eigenvalue weighted by Gasteiger charge is -2.30. The van der Waals surface area contributed by atoms with Crippen LogP contribution in [-0.4, -0.2) is 75.4 Å². The number of fused-ring (bicyclic) bond motifs is 3. The predicted molar refractivity (Wildman–Crippen MR) is 94.0 cm³/mol. The number of likely N-dealkylation sites (N-methyl/N-ethyl adjacent to an activating group) is 1. The minimum absolute atomic E-state index is 0.0102. The van der Waals surface area contributed by atoms with Gasteiger partial charge in [-0.2, -0.15) is 0 Å². The Morgan fingerprint density at radius 1 is 1.32 bits per heavy atom. The first-order chi connectivity index (χ1) is 12.1. The monoisotopic (exact) mass is 344 g/mol. The summed E-state index contributed by atoms with van der Waals surface area (Å²) in [6.45, 7) is 3.87. The van der Waals surface area contributed by atoms with E-state index in [4.69, 9.17) is 20.6 Å². The molecule has 0 unspecified atom stereocenters. The Labute approximate surface area is 148 Å². The van der Waals surface area contributed by atoms with Crippen LogP contribution in [0.3, 0.4) is 0 Å². The maximum absolute atomic E-state index is 13.1. The maximum Gasteiger partial charge on any atom is 0.254 e. The number of hydrogen-bond donors (Lipinski definition) is 0. The van der Waals surface area contributed by atoms with Gasteiger partial charge in [-0.05, 0) is 25.2 Å².